The molecule has 0 radical (unpaired) electrons. The number of hydrazone groups is 1. The summed E-state index contributed by atoms with van der Waals surface area (Å²) >= 11 is 9.15. The summed E-state index contributed by atoms with van der Waals surface area (Å²) in [5, 5.41) is 4.47. The van der Waals surface area contributed by atoms with Crippen LogP contribution in [0.3, 0.4) is 0 Å². The normalized spacial score (nSPS) is 11.3. The zero-order valence-corrected chi connectivity index (χ0v) is 22.0. The quantitative estimate of drug-likeness (QED) is 0.203. The fraction of sp³-hybridized carbons (Fsp3) is 0.167. The maximum Gasteiger partial charge on any atom is 0.339 e. The van der Waals surface area contributed by atoms with Gasteiger partial charge in [0.05, 0.1) is 17.3 Å². The van der Waals surface area contributed by atoms with Gasteiger partial charge in [-0.25, -0.2) is 5.43 Å². The summed E-state index contributed by atoms with van der Waals surface area (Å²) in [4.78, 5) is 12.0. The van der Waals surface area contributed by atoms with Crippen molar-refractivity contribution in [2.45, 2.75) is 18.7 Å². The van der Waals surface area contributed by atoms with Crippen molar-refractivity contribution in [1.82, 2.24) is 5.43 Å². The second-order valence-corrected chi connectivity index (χ2v) is 9.99. The summed E-state index contributed by atoms with van der Waals surface area (Å²) in [6.45, 7) is 3.65. The minimum Gasteiger partial charge on any atom is -0.490 e. The van der Waals surface area contributed by atoms with E-state index in [1.165, 1.54) is 18.3 Å². The third kappa shape index (κ3) is 7.71. The molecule has 1 amide bonds. The van der Waals surface area contributed by atoms with Crippen molar-refractivity contribution in [3.8, 4) is 17.2 Å². The largest absolute Gasteiger partial charge is 0.490 e. The first kappa shape index (κ1) is 26.5. The molecule has 11 heteroatoms. The lowest BCUT2D eigenvalue weighted by atomic mass is 10.2. The topological polar surface area (TPSA) is 103 Å². The Morgan fingerprint density at radius 1 is 1.09 bits per heavy atom. The smallest absolute Gasteiger partial charge is 0.339 e. The van der Waals surface area contributed by atoms with Crippen molar-refractivity contribution in [2.24, 2.45) is 5.10 Å². The highest BCUT2D eigenvalue weighted by Gasteiger charge is 2.22. The van der Waals surface area contributed by atoms with Crippen LogP contribution in [0.2, 0.25) is 5.02 Å². The summed E-state index contributed by atoms with van der Waals surface area (Å²) in [5.41, 5.74) is 3.81. The van der Waals surface area contributed by atoms with Crippen LogP contribution in [0.25, 0.3) is 0 Å². The molecule has 3 aromatic rings. The van der Waals surface area contributed by atoms with Gasteiger partial charge in [0.2, 0.25) is 0 Å². The van der Waals surface area contributed by atoms with Gasteiger partial charge in [-0.15, -0.1) is 0 Å². The second kappa shape index (κ2) is 12.1. The van der Waals surface area contributed by atoms with Gasteiger partial charge in [0.25, 0.3) is 5.91 Å². The van der Waals surface area contributed by atoms with Crippen LogP contribution in [0.15, 0.2) is 75.1 Å². The van der Waals surface area contributed by atoms with Crippen LogP contribution in [0, 0.1) is 6.92 Å². The monoisotopic (exact) mass is 580 g/mol. The highest BCUT2D eigenvalue weighted by molar-refractivity contribution is 9.10. The number of hydrogen-bond donors (Lipinski definition) is 1. The summed E-state index contributed by atoms with van der Waals surface area (Å²) in [5.74, 6) is 0.223. The van der Waals surface area contributed by atoms with E-state index in [1.807, 2.05) is 6.92 Å². The van der Waals surface area contributed by atoms with Crippen molar-refractivity contribution in [1.29, 1.82) is 0 Å². The number of hydrogen-bond acceptors (Lipinski definition) is 7. The van der Waals surface area contributed by atoms with Crippen LogP contribution < -0.4 is 19.1 Å². The lowest BCUT2D eigenvalue weighted by Gasteiger charge is -2.14. The highest BCUT2D eigenvalue weighted by atomic mass is 79.9. The zero-order valence-electron chi connectivity index (χ0n) is 18.8. The van der Waals surface area contributed by atoms with Crippen molar-refractivity contribution < 1.29 is 26.9 Å². The lowest BCUT2D eigenvalue weighted by molar-refractivity contribution is -0.123. The van der Waals surface area contributed by atoms with Gasteiger partial charge in [0, 0.05) is 5.02 Å². The summed E-state index contributed by atoms with van der Waals surface area (Å²) < 4.78 is 42.1. The molecule has 0 aliphatic carbocycles. The first-order chi connectivity index (χ1) is 16.7. The van der Waals surface area contributed by atoms with Gasteiger partial charge < -0.3 is 13.7 Å². The Bertz CT molecular complexity index is 1310. The Labute approximate surface area is 217 Å². The first-order valence-corrected chi connectivity index (χ1v) is 12.9. The van der Waals surface area contributed by atoms with E-state index in [0.717, 1.165) is 5.56 Å². The van der Waals surface area contributed by atoms with Gasteiger partial charge in [0.15, 0.2) is 18.1 Å². The molecule has 3 rings (SSSR count). The summed E-state index contributed by atoms with van der Waals surface area (Å²) in [6, 6.07) is 16.0. The first-order valence-electron chi connectivity index (χ1n) is 10.4. The number of carbonyl (C=O) groups excluding carboxylic acids is 1. The second-order valence-electron chi connectivity index (χ2n) is 7.15. The number of halogens is 2. The highest BCUT2D eigenvalue weighted by Crippen LogP contribution is 2.38. The van der Waals surface area contributed by atoms with Crippen LogP contribution in [-0.2, 0) is 14.9 Å². The summed E-state index contributed by atoms with van der Waals surface area (Å²) in [7, 11) is -4.09. The molecule has 35 heavy (non-hydrogen) atoms. The third-order valence-corrected chi connectivity index (χ3v) is 6.50. The Morgan fingerprint density at radius 2 is 1.77 bits per heavy atom. The van der Waals surface area contributed by atoms with E-state index in [4.69, 9.17) is 25.3 Å². The standard InChI is InChI=1S/C24H22BrClN2O6S/c1-3-32-22-13-17(14-27-28-23(29)15-33-19-8-6-18(26)7-9-19)12-21(25)24(22)34-35(30,31)20-10-4-16(2)5-11-20/h4-14H,3,15H2,1-2H3,(H,28,29)/b27-14-. The molecular weight excluding hydrogens is 560 g/mol. The Morgan fingerprint density at radius 3 is 2.43 bits per heavy atom. The van der Waals surface area contributed by atoms with Crippen molar-refractivity contribution in [3.63, 3.8) is 0 Å². The molecule has 0 spiro atoms. The average Bonchev–Trinajstić information content (AvgIpc) is 2.81. The molecule has 8 nitrogen and oxygen atoms in total. The molecule has 0 unspecified atom stereocenters. The molecule has 0 atom stereocenters. The van der Waals surface area contributed by atoms with Crippen molar-refractivity contribution in [2.75, 3.05) is 13.2 Å². The van der Waals surface area contributed by atoms with Crippen LogP contribution in [0.4, 0.5) is 0 Å². The number of ether oxygens (including phenoxy) is 2. The van der Waals surface area contributed by atoms with E-state index in [0.29, 0.717) is 20.8 Å². The minimum atomic E-state index is -4.09. The fourth-order valence-electron chi connectivity index (χ4n) is 2.76. The number of rotatable bonds is 10. The Balaban J connectivity index is 1.69. The number of amides is 1. The van der Waals surface area contributed by atoms with Crippen molar-refractivity contribution >= 4 is 49.8 Å². The van der Waals surface area contributed by atoms with E-state index < -0.39 is 16.0 Å². The van der Waals surface area contributed by atoms with E-state index in [-0.39, 0.29) is 29.6 Å². The number of nitrogens with one attached hydrogen (secondary N) is 1. The maximum absolute atomic E-state index is 12.7. The third-order valence-electron chi connectivity index (χ3n) is 4.42. The molecule has 1 N–H and O–H groups in total. The molecule has 3 aromatic carbocycles. The molecule has 0 aliphatic rings. The van der Waals surface area contributed by atoms with E-state index in [9.17, 15) is 13.2 Å². The van der Waals surface area contributed by atoms with E-state index >= 15 is 0 Å². The van der Waals surface area contributed by atoms with Gasteiger partial charge >= 0.3 is 10.1 Å². The number of carbonyl (C=O) groups is 1. The lowest BCUT2D eigenvalue weighted by Crippen LogP contribution is -2.24. The van der Waals surface area contributed by atoms with Gasteiger partial charge in [-0.3, -0.25) is 4.79 Å². The Kier molecular flexibility index (Phi) is 9.13. The maximum atomic E-state index is 12.7. The molecule has 0 aliphatic heterocycles. The minimum absolute atomic E-state index is 0.00461. The van der Waals surface area contributed by atoms with Crippen LogP contribution in [0.5, 0.6) is 17.2 Å². The molecule has 0 heterocycles. The van der Waals surface area contributed by atoms with E-state index in [2.05, 4.69) is 26.5 Å². The predicted molar refractivity (Wildman–Crippen MR) is 137 cm³/mol. The number of benzene rings is 3. The number of nitrogens with zero attached hydrogens (tertiary/aromatic N) is 1. The fourth-order valence-corrected chi connectivity index (χ4v) is 4.49. The Hall–Kier alpha value is -3.08. The summed E-state index contributed by atoms with van der Waals surface area (Å²) in [6.07, 6.45) is 1.38. The van der Waals surface area contributed by atoms with Gasteiger partial charge in [-0.05, 0) is 83.9 Å². The van der Waals surface area contributed by atoms with Crippen LogP contribution >= 0.6 is 27.5 Å². The van der Waals surface area contributed by atoms with Gasteiger partial charge in [-0.2, -0.15) is 13.5 Å². The average molecular weight is 582 g/mol. The molecule has 0 bridgehead atoms. The van der Waals surface area contributed by atoms with Gasteiger partial charge in [-0.1, -0.05) is 29.3 Å². The molecule has 0 fully saturated rings. The van der Waals surface area contributed by atoms with Crippen LogP contribution in [0.1, 0.15) is 18.1 Å². The molecule has 0 aromatic heterocycles. The molecular formula is C24H22BrClN2O6S. The number of aryl methyl sites for hydroxylation is 1. The molecule has 0 saturated carbocycles. The zero-order chi connectivity index (χ0) is 25.4. The molecule has 0 saturated heterocycles. The van der Waals surface area contributed by atoms with Crippen LogP contribution in [-0.4, -0.2) is 33.8 Å². The predicted octanol–water partition coefficient (Wildman–Crippen LogP) is 5.11. The van der Waals surface area contributed by atoms with Gasteiger partial charge in [0.1, 0.15) is 10.6 Å². The molecule has 184 valence electrons. The van der Waals surface area contributed by atoms with E-state index in [1.54, 1.807) is 55.5 Å². The van der Waals surface area contributed by atoms with Crippen molar-refractivity contribution in [3.05, 3.63) is 81.3 Å². The SMILES string of the molecule is CCOc1cc(/C=N\NC(=O)COc2ccc(Cl)cc2)cc(Br)c1OS(=O)(=O)c1ccc(C)cc1.